The largest absolute Gasteiger partial charge is 0.477 e. The number of carbonyl (C=O) groups excluding carboxylic acids is 1. The number of thiophene rings is 1. The minimum absolute atomic E-state index is 0.122. The quantitative estimate of drug-likeness (QED) is 0.842. The van der Waals surface area contributed by atoms with Gasteiger partial charge in [0.05, 0.1) is 17.6 Å². The second-order valence-corrected chi connectivity index (χ2v) is 7.72. The standard InChI is InChI=1S/C19H22N2O3S/c22-18(15-5-3-12-25-15)21-10-7-16-19(13-21,8-4-11-23-16)14-24-17-6-1-2-9-20-17/h1-3,5-6,9,12,16H,4,7-8,10-11,13-14H2/t16-,19-/m1/s1. The van der Waals surface area contributed by atoms with Crippen molar-refractivity contribution in [3.63, 3.8) is 0 Å². The van der Waals surface area contributed by atoms with Crippen LogP contribution < -0.4 is 4.74 Å². The molecule has 2 aliphatic heterocycles. The molecule has 2 aromatic rings. The molecule has 25 heavy (non-hydrogen) atoms. The van der Waals surface area contributed by atoms with Crippen molar-refractivity contribution in [3.8, 4) is 5.88 Å². The van der Waals surface area contributed by atoms with Crippen LogP contribution in [0.1, 0.15) is 28.9 Å². The van der Waals surface area contributed by atoms with Crippen LogP contribution in [0.15, 0.2) is 41.9 Å². The van der Waals surface area contributed by atoms with E-state index in [0.717, 1.165) is 37.3 Å². The Bertz CT molecular complexity index is 707. The number of aromatic nitrogens is 1. The van der Waals surface area contributed by atoms with E-state index in [1.807, 2.05) is 40.6 Å². The molecule has 0 N–H and O–H groups in total. The Hall–Kier alpha value is -1.92. The van der Waals surface area contributed by atoms with Gasteiger partial charge in [-0.2, -0.15) is 0 Å². The van der Waals surface area contributed by atoms with Gasteiger partial charge in [0.25, 0.3) is 5.91 Å². The molecule has 0 bridgehead atoms. The molecule has 4 heterocycles. The summed E-state index contributed by atoms with van der Waals surface area (Å²) in [5.41, 5.74) is -0.152. The predicted molar refractivity (Wildman–Crippen MR) is 96.0 cm³/mol. The lowest BCUT2D eigenvalue weighted by Crippen LogP contribution is -2.58. The minimum Gasteiger partial charge on any atom is -0.477 e. The molecule has 2 aliphatic rings. The molecule has 0 unspecified atom stereocenters. The first-order valence-electron chi connectivity index (χ1n) is 8.75. The molecule has 0 radical (unpaired) electrons. The maximum absolute atomic E-state index is 12.8. The van der Waals surface area contributed by atoms with Crippen molar-refractivity contribution in [2.45, 2.75) is 25.4 Å². The van der Waals surface area contributed by atoms with Crippen molar-refractivity contribution < 1.29 is 14.3 Å². The maximum Gasteiger partial charge on any atom is 0.263 e. The van der Waals surface area contributed by atoms with Crippen molar-refractivity contribution in [2.75, 3.05) is 26.3 Å². The summed E-state index contributed by atoms with van der Waals surface area (Å²) in [6.07, 6.45) is 4.76. The van der Waals surface area contributed by atoms with E-state index in [4.69, 9.17) is 9.47 Å². The summed E-state index contributed by atoms with van der Waals surface area (Å²) in [4.78, 5) is 19.8. The zero-order valence-electron chi connectivity index (χ0n) is 14.1. The molecular formula is C19H22N2O3S. The van der Waals surface area contributed by atoms with Gasteiger partial charge in [-0.3, -0.25) is 4.79 Å². The number of pyridine rings is 1. The number of nitrogens with zero attached hydrogens (tertiary/aromatic N) is 2. The second kappa shape index (κ2) is 7.14. The van der Waals surface area contributed by atoms with E-state index in [2.05, 4.69) is 4.98 Å². The number of rotatable bonds is 4. The van der Waals surface area contributed by atoms with Crippen molar-refractivity contribution in [2.24, 2.45) is 5.41 Å². The maximum atomic E-state index is 12.8. The molecule has 0 spiro atoms. The first-order chi connectivity index (χ1) is 12.3. The van der Waals surface area contributed by atoms with E-state index >= 15 is 0 Å². The summed E-state index contributed by atoms with van der Waals surface area (Å²) < 4.78 is 12.1. The van der Waals surface area contributed by atoms with E-state index in [1.54, 1.807) is 6.20 Å². The van der Waals surface area contributed by atoms with Gasteiger partial charge in [0.15, 0.2) is 0 Å². The number of likely N-dealkylation sites (tertiary alicyclic amines) is 1. The first-order valence-corrected chi connectivity index (χ1v) is 9.63. The molecule has 1 amide bonds. The van der Waals surface area contributed by atoms with Crippen molar-refractivity contribution in [3.05, 3.63) is 46.8 Å². The average molecular weight is 358 g/mol. The van der Waals surface area contributed by atoms with Crippen LogP contribution >= 0.6 is 11.3 Å². The average Bonchev–Trinajstić information content (AvgIpc) is 3.21. The van der Waals surface area contributed by atoms with Crippen LogP contribution in [-0.2, 0) is 4.74 Å². The zero-order chi connectivity index (χ0) is 17.1. The number of amides is 1. The van der Waals surface area contributed by atoms with Crippen LogP contribution in [0.4, 0.5) is 0 Å². The summed E-state index contributed by atoms with van der Waals surface area (Å²) in [5.74, 6) is 0.749. The third kappa shape index (κ3) is 3.41. The SMILES string of the molecule is O=C(c1cccs1)N1CC[C@H]2OCCC[C@]2(COc2ccccn2)C1. The fourth-order valence-corrected chi connectivity index (χ4v) is 4.57. The lowest BCUT2D eigenvalue weighted by Gasteiger charge is -2.50. The van der Waals surface area contributed by atoms with E-state index < -0.39 is 0 Å². The highest BCUT2D eigenvalue weighted by molar-refractivity contribution is 7.12. The molecule has 2 saturated heterocycles. The van der Waals surface area contributed by atoms with Crippen LogP contribution in [-0.4, -0.2) is 48.2 Å². The molecule has 6 heteroatoms. The minimum atomic E-state index is -0.152. The molecule has 0 saturated carbocycles. The van der Waals surface area contributed by atoms with Crippen LogP contribution in [0.3, 0.4) is 0 Å². The van der Waals surface area contributed by atoms with Gasteiger partial charge < -0.3 is 14.4 Å². The van der Waals surface area contributed by atoms with Gasteiger partial charge in [-0.15, -0.1) is 11.3 Å². The molecule has 0 aromatic carbocycles. The Labute approximate surface area is 151 Å². The number of piperidine rings is 1. The van der Waals surface area contributed by atoms with Crippen LogP contribution in [0.5, 0.6) is 5.88 Å². The first kappa shape index (κ1) is 16.5. The molecule has 4 rings (SSSR count). The summed E-state index contributed by atoms with van der Waals surface area (Å²) in [6, 6.07) is 9.48. The number of ether oxygens (including phenoxy) is 2. The number of fused-ring (bicyclic) bond motifs is 1. The molecule has 2 aromatic heterocycles. The van der Waals surface area contributed by atoms with Crippen molar-refractivity contribution in [1.29, 1.82) is 0 Å². The Balaban J connectivity index is 1.51. The molecular weight excluding hydrogens is 336 g/mol. The smallest absolute Gasteiger partial charge is 0.263 e. The highest BCUT2D eigenvalue weighted by Crippen LogP contribution is 2.41. The highest BCUT2D eigenvalue weighted by atomic mass is 32.1. The van der Waals surface area contributed by atoms with E-state index in [0.29, 0.717) is 19.0 Å². The Kier molecular flexibility index (Phi) is 4.72. The van der Waals surface area contributed by atoms with E-state index in [1.165, 1.54) is 11.3 Å². The molecule has 2 fully saturated rings. The Morgan fingerprint density at radius 2 is 2.36 bits per heavy atom. The van der Waals surface area contributed by atoms with Gasteiger partial charge >= 0.3 is 0 Å². The fourth-order valence-electron chi connectivity index (χ4n) is 3.88. The van der Waals surface area contributed by atoms with Crippen LogP contribution in [0, 0.1) is 5.41 Å². The Morgan fingerprint density at radius 1 is 1.40 bits per heavy atom. The number of carbonyl (C=O) groups is 1. The second-order valence-electron chi connectivity index (χ2n) is 6.77. The van der Waals surface area contributed by atoms with E-state index in [-0.39, 0.29) is 17.4 Å². The lowest BCUT2D eigenvalue weighted by atomic mass is 9.73. The van der Waals surface area contributed by atoms with Gasteiger partial charge in [-0.25, -0.2) is 4.98 Å². The van der Waals surface area contributed by atoms with Crippen molar-refractivity contribution in [1.82, 2.24) is 9.88 Å². The number of hydrogen-bond donors (Lipinski definition) is 0. The normalized spacial score (nSPS) is 26.1. The summed E-state index contributed by atoms with van der Waals surface area (Å²) in [6.45, 7) is 2.76. The molecule has 2 atom stereocenters. The van der Waals surface area contributed by atoms with E-state index in [9.17, 15) is 4.79 Å². The zero-order valence-corrected chi connectivity index (χ0v) is 14.9. The molecule has 132 valence electrons. The summed E-state index contributed by atoms with van der Waals surface area (Å²) in [7, 11) is 0. The lowest BCUT2D eigenvalue weighted by molar-refractivity contribution is -0.133. The molecule has 5 nitrogen and oxygen atoms in total. The van der Waals surface area contributed by atoms with Crippen LogP contribution in [0.25, 0.3) is 0 Å². The predicted octanol–water partition coefficient (Wildman–Crippen LogP) is 3.23. The third-order valence-electron chi connectivity index (χ3n) is 5.15. The summed E-state index contributed by atoms with van der Waals surface area (Å²) >= 11 is 1.50. The van der Waals surface area contributed by atoms with Gasteiger partial charge in [0.2, 0.25) is 5.88 Å². The third-order valence-corrected chi connectivity index (χ3v) is 6.01. The number of hydrogen-bond acceptors (Lipinski definition) is 5. The Morgan fingerprint density at radius 3 is 3.16 bits per heavy atom. The topological polar surface area (TPSA) is 51.7 Å². The monoisotopic (exact) mass is 358 g/mol. The van der Waals surface area contributed by atoms with Gasteiger partial charge in [-0.1, -0.05) is 12.1 Å². The molecule has 0 aliphatic carbocycles. The van der Waals surface area contributed by atoms with Crippen LogP contribution in [0.2, 0.25) is 0 Å². The summed E-state index contributed by atoms with van der Waals surface area (Å²) in [5, 5.41) is 1.95. The van der Waals surface area contributed by atoms with Gasteiger partial charge in [0, 0.05) is 37.4 Å². The van der Waals surface area contributed by atoms with Gasteiger partial charge in [0.1, 0.15) is 0 Å². The van der Waals surface area contributed by atoms with Gasteiger partial charge in [-0.05, 0) is 36.8 Å². The highest BCUT2D eigenvalue weighted by Gasteiger charge is 2.48. The van der Waals surface area contributed by atoms with Crippen molar-refractivity contribution >= 4 is 17.2 Å². The fraction of sp³-hybridized carbons (Fsp3) is 0.474.